The maximum Gasteiger partial charge on any atom is 0.325 e. The van der Waals surface area contributed by atoms with Crippen molar-refractivity contribution in [2.45, 2.75) is 46.1 Å². The SMILES string of the molecule is CCOC(=O)Cn1cc(/C=N\NC(=O)[C@H]2[C@H]3CCCC[C@@]32C)c2ccccc21. The molecule has 148 valence electrons. The fourth-order valence-corrected chi connectivity index (χ4v) is 4.94. The zero-order valence-corrected chi connectivity index (χ0v) is 16.5. The van der Waals surface area contributed by atoms with E-state index in [1.54, 1.807) is 13.1 Å². The molecule has 4 rings (SSSR count). The number of hydrogen-bond acceptors (Lipinski definition) is 4. The third-order valence-corrected chi connectivity index (χ3v) is 6.42. The number of hydrazone groups is 1. The normalized spacial score (nSPS) is 26.2. The van der Waals surface area contributed by atoms with Crippen molar-refractivity contribution < 1.29 is 14.3 Å². The van der Waals surface area contributed by atoms with Gasteiger partial charge in [0.05, 0.1) is 12.8 Å². The molecule has 1 aromatic carbocycles. The van der Waals surface area contributed by atoms with Crippen LogP contribution in [0.1, 0.15) is 45.1 Å². The summed E-state index contributed by atoms with van der Waals surface area (Å²) >= 11 is 0. The minimum absolute atomic E-state index is 0.0286. The van der Waals surface area contributed by atoms with Gasteiger partial charge in [-0.25, -0.2) is 5.43 Å². The van der Waals surface area contributed by atoms with Crippen LogP contribution >= 0.6 is 0 Å². The van der Waals surface area contributed by atoms with Crippen molar-refractivity contribution in [3.8, 4) is 0 Å². The highest BCUT2D eigenvalue weighted by molar-refractivity contribution is 6.00. The monoisotopic (exact) mass is 381 g/mol. The Kier molecular flexibility index (Phi) is 4.96. The van der Waals surface area contributed by atoms with Crippen LogP contribution < -0.4 is 5.43 Å². The number of esters is 1. The Bertz CT molecular complexity index is 932. The molecule has 28 heavy (non-hydrogen) atoms. The number of carbonyl (C=O) groups is 2. The second-order valence-electron chi connectivity index (χ2n) is 8.10. The topological polar surface area (TPSA) is 72.7 Å². The molecule has 0 bridgehead atoms. The number of amides is 1. The summed E-state index contributed by atoms with van der Waals surface area (Å²) in [7, 11) is 0. The molecule has 2 aromatic rings. The molecule has 0 saturated heterocycles. The van der Waals surface area contributed by atoms with Crippen molar-refractivity contribution in [2.75, 3.05) is 6.61 Å². The van der Waals surface area contributed by atoms with Gasteiger partial charge in [-0.1, -0.05) is 38.0 Å². The zero-order valence-electron chi connectivity index (χ0n) is 16.5. The van der Waals surface area contributed by atoms with Crippen molar-refractivity contribution in [1.82, 2.24) is 9.99 Å². The largest absolute Gasteiger partial charge is 0.465 e. The van der Waals surface area contributed by atoms with E-state index in [1.807, 2.05) is 35.0 Å². The van der Waals surface area contributed by atoms with Crippen LogP contribution in [0.5, 0.6) is 0 Å². The van der Waals surface area contributed by atoms with Gasteiger partial charge < -0.3 is 9.30 Å². The summed E-state index contributed by atoms with van der Waals surface area (Å²) in [6.45, 7) is 4.53. The lowest BCUT2D eigenvalue weighted by atomic mass is 9.90. The molecule has 0 spiro atoms. The number of benzene rings is 1. The van der Waals surface area contributed by atoms with Crippen LogP contribution in [0.2, 0.25) is 0 Å². The fourth-order valence-electron chi connectivity index (χ4n) is 4.94. The first-order chi connectivity index (χ1) is 13.5. The minimum atomic E-state index is -0.273. The molecule has 3 atom stereocenters. The first kappa shape index (κ1) is 18.7. The van der Waals surface area contributed by atoms with Gasteiger partial charge in [-0.3, -0.25) is 9.59 Å². The van der Waals surface area contributed by atoms with Gasteiger partial charge in [0, 0.05) is 28.6 Å². The number of aromatic nitrogens is 1. The Morgan fingerprint density at radius 3 is 2.93 bits per heavy atom. The van der Waals surface area contributed by atoms with Crippen LogP contribution in [0, 0.1) is 17.3 Å². The Morgan fingerprint density at radius 2 is 2.18 bits per heavy atom. The van der Waals surface area contributed by atoms with Crippen LogP contribution in [0.3, 0.4) is 0 Å². The fraction of sp³-hybridized carbons (Fsp3) is 0.500. The molecule has 1 aromatic heterocycles. The lowest BCUT2D eigenvalue weighted by molar-refractivity contribution is -0.143. The molecule has 1 heterocycles. The van der Waals surface area contributed by atoms with Gasteiger partial charge in [0.15, 0.2) is 0 Å². The third kappa shape index (κ3) is 3.32. The van der Waals surface area contributed by atoms with E-state index >= 15 is 0 Å². The van der Waals surface area contributed by atoms with Crippen LogP contribution in [-0.2, 0) is 20.9 Å². The van der Waals surface area contributed by atoms with E-state index < -0.39 is 0 Å². The van der Waals surface area contributed by atoms with Gasteiger partial charge in [-0.2, -0.15) is 5.10 Å². The number of fused-ring (bicyclic) bond motifs is 2. The second kappa shape index (κ2) is 7.41. The lowest BCUT2D eigenvalue weighted by Gasteiger charge is -2.15. The summed E-state index contributed by atoms with van der Waals surface area (Å²) in [5.74, 6) is 0.366. The molecular formula is C22H27N3O3. The minimum Gasteiger partial charge on any atom is -0.465 e. The molecule has 0 radical (unpaired) electrons. The van der Waals surface area contributed by atoms with Gasteiger partial charge in [0.1, 0.15) is 6.54 Å². The van der Waals surface area contributed by atoms with Crippen LogP contribution in [0.15, 0.2) is 35.6 Å². The summed E-state index contributed by atoms with van der Waals surface area (Å²) in [5.41, 5.74) is 4.71. The van der Waals surface area contributed by atoms with Gasteiger partial charge >= 0.3 is 5.97 Å². The first-order valence-corrected chi connectivity index (χ1v) is 10.1. The van der Waals surface area contributed by atoms with Gasteiger partial charge in [-0.15, -0.1) is 0 Å². The van der Waals surface area contributed by atoms with Crippen molar-refractivity contribution in [3.63, 3.8) is 0 Å². The van der Waals surface area contributed by atoms with E-state index in [0.717, 1.165) is 29.3 Å². The smallest absolute Gasteiger partial charge is 0.325 e. The highest BCUT2D eigenvalue weighted by Crippen LogP contribution is 2.66. The molecule has 0 aliphatic heterocycles. The van der Waals surface area contributed by atoms with Gasteiger partial charge in [-0.05, 0) is 37.2 Å². The number of nitrogens with one attached hydrogen (secondary N) is 1. The Balaban J connectivity index is 1.47. The maximum absolute atomic E-state index is 12.6. The standard InChI is InChI=1S/C22H27N3O3/c1-3-28-19(26)14-25-13-15(16-8-4-5-10-18(16)25)12-23-24-21(27)20-17-9-6-7-11-22(17,20)2/h4-5,8,10,12-13,17,20H,3,6-7,9,11,14H2,1-2H3,(H,24,27)/b23-12-/t17-,20-,22+/m1/s1. The number of hydrogen-bond donors (Lipinski definition) is 1. The molecule has 2 aliphatic rings. The number of para-hydroxylation sites is 1. The molecular weight excluding hydrogens is 354 g/mol. The summed E-state index contributed by atoms with van der Waals surface area (Å²) in [4.78, 5) is 24.4. The molecule has 1 amide bonds. The predicted octanol–water partition coefficient (Wildman–Crippen LogP) is 3.48. The third-order valence-electron chi connectivity index (χ3n) is 6.42. The summed E-state index contributed by atoms with van der Waals surface area (Å²) in [5, 5.41) is 5.20. The predicted molar refractivity (Wildman–Crippen MR) is 108 cm³/mol. The number of ether oxygens (including phenoxy) is 1. The van der Waals surface area contributed by atoms with Crippen molar-refractivity contribution >= 4 is 29.0 Å². The molecule has 2 saturated carbocycles. The number of carbonyl (C=O) groups excluding carboxylic acids is 2. The molecule has 6 nitrogen and oxygen atoms in total. The summed E-state index contributed by atoms with van der Waals surface area (Å²) < 4.78 is 6.91. The van der Waals surface area contributed by atoms with E-state index in [0.29, 0.717) is 12.5 Å². The van der Waals surface area contributed by atoms with E-state index in [-0.39, 0.29) is 29.8 Å². The van der Waals surface area contributed by atoms with Crippen molar-refractivity contribution in [2.24, 2.45) is 22.4 Å². The average molecular weight is 381 g/mol. The zero-order chi connectivity index (χ0) is 19.7. The summed E-state index contributed by atoms with van der Waals surface area (Å²) in [6.07, 6.45) is 8.28. The highest BCUT2D eigenvalue weighted by atomic mass is 16.5. The van der Waals surface area contributed by atoms with Crippen molar-refractivity contribution in [3.05, 3.63) is 36.0 Å². The molecule has 6 heteroatoms. The van der Waals surface area contributed by atoms with E-state index in [4.69, 9.17) is 4.74 Å². The van der Waals surface area contributed by atoms with E-state index in [9.17, 15) is 9.59 Å². The molecule has 0 unspecified atom stereocenters. The molecule has 2 fully saturated rings. The lowest BCUT2D eigenvalue weighted by Crippen LogP contribution is -2.22. The number of rotatable bonds is 6. The van der Waals surface area contributed by atoms with E-state index in [1.165, 1.54) is 12.8 Å². The highest BCUT2D eigenvalue weighted by Gasteiger charge is 2.64. The Hall–Kier alpha value is -2.63. The van der Waals surface area contributed by atoms with Crippen LogP contribution in [0.4, 0.5) is 0 Å². The maximum atomic E-state index is 12.6. The number of nitrogens with zero attached hydrogens (tertiary/aromatic N) is 2. The van der Waals surface area contributed by atoms with Crippen LogP contribution in [-0.4, -0.2) is 29.3 Å². The van der Waals surface area contributed by atoms with Crippen molar-refractivity contribution in [1.29, 1.82) is 0 Å². The Labute approximate surface area is 164 Å². The molecule has 1 N–H and O–H groups in total. The quantitative estimate of drug-likeness (QED) is 0.473. The average Bonchev–Trinajstić information content (AvgIpc) is 3.18. The molecule has 2 aliphatic carbocycles. The second-order valence-corrected chi connectivity index (χ2v) is 8.10. The first-order valence-electron chi connectivity index (χ1n) is 10.1. The Morgan fingerprint density at radius 1 is 1.36 bits per heavy atom. The van der Waals surface area contributed by atoms with Gasteiger partial charge in [0.2, 0.25) is 5.91 Å². The van der Waals surface area contributed by atoms with Crippen LogP contribution in [0.25, 0.3) is 10.9 Å². The van der Waals surface area contributed by atoms with Gasteiger partial charge in [0.25, 0.3) is 0 Å². The summed E-state index contributed by atoms with van der Waals surface area (Å²) in [6, 6.07) is 7.82. The van der Waals surface area contributed by atoms with E-state index in [2.05, 4.69) is 17.5 Å².